The zero-order valence-electron chi connectivity index (χ0n) is 20.3. The fourth-order valence-corrected chi connectivity index (χ4v) is 5.04. The van der Waals surface area contributed by atoms with Crippen molar-refractivity contribution in [1.82, 2.24) is 0 Å². The van der Waals surface area contributed by atoms with Crippen LogP contribution >= 0.6 is 11.8 Å². The molecule has 0 aliphatic carbocycles. The molecule has 0 amide bonds. The van der Waals surface area contributed by atoms with Crippen molar-refractivity contribution in [3.63, 3.8) is 0 Å². The monoisotopic (exact) mass is 507 g/mol. The van der Waals surface area contributed by atoms with Crippen molar-refractivity contribution in [3.05, 3.63) is 124 Å². The number of nitrogens with zero attached hydrogens (tertiary/aromatic N) is 1. The summed E-state index contributed by atoms with van der Waals surface area (Å²) < 4.78 is 11.2. The first-order valence-corrected chi connectivity index (χ1v) is 12.8. The van der Waals surface area contributed by atoms with Gasteiger partial charge in [0.15, 0.2) is 0 Å². The average molecular weight is 508 g/mol. The molecule has 6 heteroatoms. The van der Waals surface area contributed by atoms with Crippen molar-refractivity contribution >= 4 is 45.3 Å². The lowest BCUT2D eigenvalue weighted by molar-refractivity contribution is -0.138. The number of aliphatic imine (C=N–C) groups is 1. The first kappa shape index (κ1) is 24.4. The number of para-hydroxylation sites is 1. The van der Waals surface area contributed by atoms with Crippen LogP contribution in [-0.4, -0.2) is 22.7 Å². The van der Waals surface area contributed by atoms with Crippen LogP contribution in [0, 0.1) is 0 Å². The Morgan fingerprint density at radius 1 is 0.919 bits per heavy atom. The lowest BCUT2D eigenvalue weighted by Gasteiger charge is -2.09. The van der Waals surface area contributed by atoms with Crippen molar-refractivity contribution in [2.24, 2.45) is 4.99 Å². The van der Waals surface area contributed by atoms with Crippen LogP contribution in [-0.2, 0) is 16.1 Å². The standard InChI is InChI=1S/C31H25NO4S/c1-2-35-31(34)28-29(33)27(37-30(28)32-24-12-4-3-5-13-24)19-21-15-17-25(18-16-21)36-20-23-11-8-10-22-9-6-7-14-26(22)23/h3-19,33H,2,20H2,1H3/b27-19-,32-30?. The number of aliphatic hydroxyl groups is 1. The molecule has 0 unspecified atom stereocenters. The molecular weight excluding hydrogens is 482 g/mol. The highest BCUT2D eigenvalue weighted by Crippen LogP contribution is 2.40. The van der Waals surface area contributed by atoms with E-state index in [0.717, 1.165) is 16.9 Å². The summed E-state index contributed by atoms with van der Waals surface area (Å²) in [6.45, 7) is 2.40. The number of carbonyl (C=O) groups is 1. The maximum absolute atomic E-state index is 12.6. The van der Waals surface area contributed by atoms with Gasteiger partial charge < -0.3 is 14.6 Å². The van der Waals surface area contributed by atoms with Gasteiger partial charge in [0.1, 0.15) is 28.7 Å². The molecule has 0 saturated heterocycles. The van der Waals surface area contributed by atoms with E-state index >= 15 is 0 Å². The lowest BCUT2D eigenvalue weighted by atomic mass is 10.1. The highest BCUT2D eigenvalue weighted by atomic mass is 32.2. The molecule has 5 rings (SSSR count). The van der Waals surface area contributed by atoms with Gasteiger partial charge in [0.25, 0.3) is 0 Å². The fourth-order valence-electron chi connectivity index (χ4n) is 4.00. The molecule has 0 saturated carbocycles. The van der Waals surface area contributed by atoms with E-state index < -0.39 is 5.97 Å². The van der Waals surface area contributed by atoms with Gasteiger partial charge in [0, 0.05) is 0 Å². The summed E-state index contributed by atoms with van der Waals surface area (Å²) in [5.74, 6) is 0.0182. The third-order valence-corrected chi connectivity index (χ3v) is 6.83. The summed E-state index contributed by atoms with van der Waals surface area (Å²) in [6.07, 6.45) is 1.82. The first-order valence-electron chi connectivity index (χ1n) is 12.0. The van der Waals surface area contributed by atoms with Crippen molar-refractivity contribution in [2.75, 3.05) is 6.61 Å². The molecule has 0 atom stereocenters. The number of hydrogen-bond acceptors (Lipinski definition) is 6. The highest BCUT2D eigenvalue weighted by Gasteiger charge is 2.33. The van der Waals surface area contributed by atoms with Gasteiger partial charge in [-0.2, -0.15) is 0 Å². The van der Waals surface area contributed by atoms with Gasteiger partial charge in [-0.15, -0.1) is 0 Å². The van der Waals surface area contributed by atoms with Crippen LogP contribution in [0.4, 0.5) is 5.69 Å². The second kappa shape index (κ2) is 11.2. The molecule has 1 aliphatic rings. The highest BCUT2D eigenvalue weighted by molar-refractivity contribution is 8.18. The number of thioether (sulfide) groups is 1. The van der Waals surface area contributed by atoms with E-state index in [1.54, 1.807) is 6.92 Å². The Kier molecular flexibility index (Phi) is 7.38. The van der Waals surface area contributed by atoms with Gasteiger partial charge in [0.2, 0.25) is 0 Å². The zero-order chi connectivity index (χ0) is 25.6. The molecule has 1 heterocycles. The van der Waals surface area contributed by atoms with Crippen LogP contribution < -0.4 is 4.74 Å². The van der Waals surface area contributed by atoms with E-state index in [4.69, 9.17) is 9.47 Å². The van der Waals surface area contributed by atoms with Gasteiger partial charge in [-0.25, -0.2) is 9.79 Å². The summed E-state index contributed by atoms with van der Waals surface area (Å²) in [5, 5.41) is 13.7. The van der Waals surface area contributed by atoms with Gasteiger partial charge in [-0.3, -0.25) is 0 Å². The lowest BCUT2D eigenvalue weighted by Crippen LogP contribution is -2.12. The van der Waals surface area contributed by atoms with Crippen LogP contribution in [0.2, 0.25) is 0 Å². The Morgan fingerprint density at radius 2 is 1.65 bits per heavy atom. The van der Waals surface area contributed by atoms with Crippen LogP contribution in [0.25, 0.3) is 16.8 Å². The number of hydrogen-bond donors (Lipinski definition) is 1. The largest absolute Gasteiger partial charge is 0.506 e. The Hall–Kier alpha value is -4.29. The van der Waals surface area contributed by atoms with Gasteiger partial charge in [-0.1, -0.05) is 84.6 Å². The Morgan fingerprint density at radius 3 is 2.43 bits per heavy atom. The average Bonchev–Trinajstić information content (AvgIpc) is 3.23. The third-order valence-electron chi connectivity index (χ3n) is 5.81. The van der Waals surface area contributed by atoms with Crippen LogP contribution in [0.3, 0.4) is 0 Å². The molecule has 1 aliphatic heterocycles. The van der Waals surface area contributed by atoms with E-state index in [0.29, 0.717) is 22.2 Å². The summed E-state index contributed by atoms with van der Waals surface area (Å²) in [5.41, 5.74) is 2.75. The number of esters is 1. The van der Waals surface area contributed by atoms with E-state index in [1.165, 1.54) is 22.5 Å². The maximum Gasteiger partial charge on any atom is 0.344 e. The SMILES string of the molecule is CCOC(=O)C1=C(O)/C(=C/c2ccc(OCc3cccc4ccccc34)cc2)SC1=Nc1ccccc1. The minimum atomic E-state index is -0.595. The molecule has 37 heavy (non-hydrogen) atoms. The third kappa shape index (κ3) is 5.60. The molecule has 0 bridgehead atoms. The van der Waals surface area contributed by atoms with Crippen LogP contribution in [0.15, 0.2) is 118 Å². The van der Waals surface area contributed by atoms with E-state index in [9.17, 15) is 9.90 Å². The molecular formula is C31H25NO4S. The maximum atomic E-state index is 12.6. The number of aliphatic hydroxyl groups excluding tert-OH is 1. The molecule has 1 N–H and O–H groups in total. The predicted octanol–water partition coefficient (Wildman–Crippen LogP) is 7.61. The Labute approximate surface area is 219 Å². The fraction of sp³-hybridized carbons (Fsp3) is 0.0968. The molecule has 0 radical (unpaired) electrons. The van der Waals surface area contributed by atoms with Gasteiger partial charge in [-0.05, 0) is 59.2 Å². The second-order valence-electron chi connectivity index (χ2n) is 8.30. The van der Waals surface area contributed by atoms with Crippen molar-refractivity contribution in [1.29, 1.82) is 0 Å². The van der Waals surface area contributed by atoms with Crippen molar-refractivity contribution < 1.29 is 19.4 Å². The molecule has 184 valence electrons. The molecule has 0 aromatic heterocycles. The topological polar surface area (TPSA) is 68.1 Å². The number of carbonyl (C=O) groups excluding carboxylic acids is 1. The summed E-state index contributed by atoms with van der Waals surface area (Å²) in [6, 6.07) is 31.4. The normalized spacial score (nSPS) is 15.5. The van der Waals surface area contributed by atoms with E-state index in [2.05, 4.69) is 29.3 Å². The number of fused-ring (bicyclic) bond motifs is 1. The smallest absolute Gasteiger partial charge is 0.344 e. The van der Waals surface area contributed by atoms with E-state index in [-0.39, 0.29) is 17.9 Å². The van der Waals surface area contributed by atoms with Gasteiger partial charge in [0.05, 0.1) is 17.2 Å². The molecule has 5 nitrogen and oxygen atoms in total. The summed E-state index contributed by atoms with van der Waals surface area (Å²) >= 11 is 1.24. The predicted molar refractivity (Wildman–Crippen MR) is 150 cm³/mol. The summed E-state index contributed by atoms with van der Waals surface area (Å²) in [4.78, 5) is 17.7. The zero-order valence-corrected chi connectivity index (χ0v) is 21.1. The first-order chi connectivity index (χ1) is 18.1. The number of benzene rings is 4. The summed E-state index contributed by atoms with van der Waals surface area (Å²) in [7, 11) is 0. The van der Waals surface area contributed by atoms with Crippen molar-refractivity contribution in [3.8, 4) is 5.75 Å². The molecule has 4 aromatic rings. The minimum Gasteiger partial charge on any atom is -0.506 e. The van der Waals surface area contributed by atoms with Crippen LogP contribution in [0.1, 0.15) is 18.1 Å². The minimum absolute atomic E-state index is 0.0806. The Bertz CT molecular complexity index is 1520. The Balaban J connectivity index is 1.35. The number of ether oxygens (including phenoxy) is 2. The second-order valence-corrected chi connectivity index (χ2v) is 9.33. The van der Waals surface area contributed by atoms with Crippen LogP contribution in [0.5, 0.6) is 5.75 Å². The van der Waals surface area contributed by atoms with Gasteiger partial charge >= 0.3 is 5.97 Å². The number of rotatable bonds is 7. The molecule has 0 fully saturated rings. The molecule has 0 spiro atoms. The quantitative estimate of drug-likeness (QED) is 0.261. The van der Waals surface area contributed by atoms with Crippen molar-refractivity contribution in [2.45, 2.75) is 13.5 Å². The molecule has 4 aromatic carbocycles. The van der Waals surface area contributed by atoms with E-state index in [1.807, 2.05) is 78.9 Å².